The number of ether oxygens (including phenoxy) is 3. The molecule has 5 nitrogen and oxygen atoms in total. The number of aliphatic carboxylic acids is 1. The summed E-state index contributed by atoms with van der Waals surface area (Å²) in [7, 11) is 1.54. The number of para-hydroxylation sites is 1. The van der Waals surface area contributed by atoms with Crippen LogP contribution in [0.4, 0.5) is 0 Å². The predicted octanol–water partition coefficient (Wildman–Crippen LogP) is 4.92. The first-order valence-electron chi connectivity index (χ1n) is 9.16. The summed E-state index contributed by atoms with van der Waals surface area (Å²) in [6.07, 6.45) is 2.57. The number of benzene rings is 3. The molecular weight excluding hydrogens is 368 g/mol. The van der Waals surface area contributed by atoms with E-state index in [1.165, 1.54) is 6.08 Å². The van der Waals surface area contributed by atoms with E-state index in [1.807, 2.05) is 54.6 Å². The van der Waals surface area contributed by atoms with E-state index in [9.17, 15) is 4.79 Å². The molecule has 3 aromatic rings. The molecule has 0 fully saturated rings. The van der Waals surface area contributed by atoms with Gasteiger partial charge in [0, 0.05) is 11.6 Å². The van der Waals surface area contributed by atoms with Crippen molar-refractivity contribution >= 4 is 12.0 Å². The average molecular weight is 390 g/mol. The molecule has 0 spiro atoms. The molecule has 0 radical (unpaired) electrons. The Morgan fingerprint density at radius 1 is 0.862 bits per heavy atom. The van der Waals surface area contributed by atoms with Crippen molar-refractivity contribution in [3.05, 3.63) is 84.4 Å². The molecule has 0 aliphatic carbocycles. The molecule has 3 aromatic carbocycles. The van der Waals surface area contributed by atoms with Crippen LogP contribution in [0.5, 0.6) is 17.2 Å². The van der Waals surface area contributed by atoms with Gasteiger partial charge in [0.2, 0.25) is 0 Å². The lowest BCUT2D eigenvalue weighted by molar-refractivity contribution is -0.131. The van der Waals surface area contributed by atoms with E-state index in [1.54, 1.807) is 25.3 Å². The van der Waals surface area contributed by atoms with Crippen LogP contribution in [0.15, 0.2) is 78.9 Å². The van der Waals surface area contributed by atoms with Crippen LogP contribution in [0.1, 0.15) is 5.56 Å². The number of carbonyl (C=O) groups is 1. The first kappa shape index (κ1) is 20.0. The Kier molecular flexibility index (Phi) is 6.90. The Hall–Kier alpha value is -3.73. The molecule has 0 saturated carbocycles. The van der Waals surface area contributed by atoms with Gasteiger partial charge in [0.25, 0.3) is 0 Å². The molecule has 0 aromatic heterocycles. The second-order valence-corrected chi connectivity index (χ2v) is 6.14. The third-order valence-electron chi connectivity index (χ3n) is 4.18. The predicted molar refractivity (Wildman–Crippen MR) is 113 cm³/mol. The van der Waals surface area contributed by atoms with Gasteiger partial charge in [-0.1, -0.05) is 54.6 Å². The quantitative estimate of drug-likeness (QED) is 0.415. The van der Waals surface area contributed by atoms with E-state index in [-0.39, 0.29) is 0 Å². The Morgan fingerprint density at radius 2 is 1.55 bits per heavy atom. The van der Waals surface area contributed by atoms with E-state index in [0.29, 0.717) is 30.3 Å². The number of carboxylic acid groups (broad SMARTS) is 1. The fourth-order valence-electron chi connectivity index (χ4n) is 2.83. The van der Waals surface area contributed by atoms with Crippen molar-refractivity contribution in [3.8, 4) is 28.4 Å². The highest BCUT2D eigenvalue weighted by Crippen LogP contribution is 2.30. The van der Waals surface area contributed by atoms with Gasteiger partial charge in [-0.3, -0.25) is 0 Å². The maximum atomic E-state index is 10.6. The van der Waals surface area contributed by atoms with Gasteiger partial charge in [-0.25, -0.2) is 4.79 Å². The molecule has 29 heavy (non-hydrogen) atoms. The lowest BCUT2D eigenvalue weighted by Crippen LogP contribution is -2.10. The Labute approximate surface area is 169 Å². The molecule has 3 rings (SSSR count). The molecule has 0 heterocycles. The highest BCUT2D eigenvalue weighted by atomic mass is 16.5. The van der Waals surface area contributed by atoms with Gasteiger partial charge < -0.3 is 19.3 Å². The first-order chi connectivity index (χ1) is 14.2. The lowest BCUT2D eigenvalue weighted by Gasteiger charge is -2.14. The van der Waals surface area contributed by atoms with Crippen LogP contribution in [0.3, 0.4) is 0 Å². The van der Waals surface area contributed by atoms with E-state index >= 15 is 0 Å². The average Bonchev–Trinajstić information content (AvgIpc) is 2.76. The molecule has 0 aliphatic heterocycles. The number of rotatable bonds is 9. The Bertz CT molecular complexity index is 980. The summed E-state index contributed by atoms with van der Waals surface area (Å²) >= 11 is 0. The summed E-state index contributed by atoms with van der Waals surface area (Å²) in [6.45, 7) is 0.706. The molecule has 0 amide bonds. The zero-order chi connectivity index (χ0) is 20.5. The Morgan fingerprint density at radius 3 is 2.28 bits per heavy atom. The minimum Gasteiger partial charge on any atom is -0.493 e. The molecule has 0 bridgehead atoms. The van der Waals surface area contributed by atoms with Crippen molar-refractivity contribution in [2.45, 2.75) is 0 Å². The van der Waals surface area contributed by atoms with Crippen LogP contribution >= 0.6 is 0 Å². The number of hydrogen-bond acceptors (Lipinski definition) is 4. The third kappa shape index (κ3) is 5.62. The first-order valence-corrected chi connectivity index (χ1v) is 9.16. The fourth-order valence-corrected chi connectivity index (χ4v) is 2.83. The van der Waals surface area contributed by atoms with Gasteiger partial charge in [0.15, 0.2) is 11.5 Å². The van der Waals surface area contributed by atoms with Crippen molar-refractivity contribution in [1.29, 1.82) is 0 Å². The number of methoxy groups -OCH3 is 1. The number of carboxylic acids is 1. The molecule has 1 N–H and O–H groups in total. The van der Waals surface area contributed by atoms with Gasteiger partial charge in [-0.2, -0.15) is 0 Å². The summed E-state index contributed by atoms with van der Waals surface area (Å²) in [5, 5.41) is 8.73. The van der Waals surface area contributed by atoms with E-state index in [2.05, 4.69) is 0 Å². The lowest BCUT2D eigenvalue weighted by atomic mass is 10.1. The Balaban J connectivity index is 1.61. The van der Waals surface area contributed by atoms with Crippen LogP contribution in [-0.2, 0) is 4.79 Å². The van der Waals surface area contributed by atoms with Crippen LogP contribution in [0.25, 0.3) is 17.2 Å². The third-order valence-corrected chi connectivity index (χ3v) is 4.18. The molecule has 5 heteroatoms. The standard InChI is InChI=1S/C24H22O5/c1-27-23-17-18(12-14-24(25)26)11-13-22(23)29-16-15-28-21-10-6-5-9-20(21)19-7-3-2-4-8-19/h2-14,17H,15-16H2,1H3,(H,25,26). The van der Waals surface area contributed by atoms with Gasteiger partial charge >= 0.3 is 5.97 Å². The smallest absolute Gasteiger partial charge is 0.328 e. The molecule has 148 valence electrons. The molecule has 0 atom stereocenters. The van der Waals surface area contributed by atoms with Crippen LogP contribution in [0.2, 0.25) is 0 Å². The topological polar surface area (TPSA) is 65.0 Å². The summed E-state index contributed by atoms with van der Waals surface area (Å²) in [5.41, 5.74) is 2.83. The zero-order valence-corrected chi connectivity index (χ0v) is 16.1. The minimum atomic E-state index is -1.00. The van der Waals surface area contributed by atoms with E-state index < -0.39 is 5.97 Å². The van der Waals surface area contributed by atoms with E-state index in [4.69, 9.17) is 19.3 Å². The van der Waals surface area contributed by atoms with Crippen molar-refractivity contribution in [1.82, 2.24) is 0 Å². The van der Waals surface area contributed by atoms with Crippen LogP contribution in [0, 0.1) is 0 Å². The minimum absolute atomic E-state index is 0.337. The zero-order valence-electron chi connectivity index (χ0n) is 16.1. The van der Waals surface area contributed by atoms with Gasteiger partial charge in [0.1, 0.15) is 19.0 Å². The second kappa shape index (κ2) is 9.99. The number of hydrogen-bond donors (Lipinski definition) is 1. The second-order valence-electron chi connectivity index (χ2n) is 6.14. The summed E-state index contributed by atoms with van der Waals surface area (Å²) in [5.74, 6) is 0.891. The molecule has 0 saturated heterocycles. The summed E-state index contributed by atoms with van der Waals surface area (Å²) in [4.78, 5) is 10.6. The summed E-state index contributed by atoms with van der Waals surface area (Å²) in [6, 6.07) is 23.2. The van der Waals surface area contributed by atoms with Crippen molar-refractivity contribution in [2.75, 3.05) is 20.3 Å². The molecular formula is C24H22O5. The van der Waals surface area contributed by atoms with Crippen molar-refractivity contribution in [3.63, 3.8) is 0 Å². The molecule has 0 unspecified atom stereocenters. The van der Waals surface area contributed by atoms with E-state index in [0.717, 1.165) is 23.0 Å². The van der Waals surface area contributed by atoms with Gasteiger partial charge in [0.05, 0.1) is 7.11 Å². The van der Waals surface area contributed by atoms with Crippen molar-refractivity contribution in [2.24, 2.45) is 0 Å². The van der Waals surface area contributed by atoms with Gasteiger partial charge in [-0.15, -0.1) is 0 Å². The SMILES string of the molecule is COc1cc(C=CC(=O)O)ccc1OCCOc1ccccc1-c1ccccc1. The van der Waals surface area contributed by atoms with Crippen LogP contribution in [-0.4, -0.2) is 31.4 Å². The maximum absolute atomic E-state index is 10.6. The van der Waals surface area contributed by atoms with Crippen LogP contribution < -0.4 is 14.2 Å². The van der Waals surface area contributed by atoms with Crippen molar-refractivity contribution < 1.29 is 24.1 Å². The maximum Gasteiger partial charge on any atom is 0.328 e. The van der Waals surface area contributed by atoms with Gasteiger partial charge in [-0.05, 0) is 35.4 Å². The highest BCUT2D eigenvalue weighted by Gasteiger charge is 2.07. The largest absolute Gasteiger partial charge is 0.493 e. The highest BCUT2D eigenvalue weighted by molar-refractivity contribution is 5.85. The monoisotopic (exact) mass is 390 g/mol. The fraction of sp³-hybridized carbons (Fsp3) is 0.125. The molecule has 0 aliphatic rings. The summed E-state index contributed by atoms with van der Waals surface area (Å²) < 4.78 is 17.1. The normalized spacial score (nSPS) is 10.7.